The molecule has 1 unspecified atom stereocenters. The van der Waals surface area contributed by atoms with E-state index in [4.69, 9.17) is 8.94 Å². The van der Waals surface area contributed by atoms with Crippen molar-refractivity contribution in [2.45, 2.75) is 27.2 Å². The molecule has 4 rings (SSSR count). The lowest BCUT2D eigenvalue weighted by Gasteiger charge is -2.17. The number of amides is 1. The molecule has 1 N–H and O–H groups in total. The second-order valence-electron chi connectivity index (χ2n) is 7.29. The highest BCUT2D eigenvalue weighted by molar-refractivity contribution is 6.07. The second kappa shape index (κ2) is 6.81. The van der Waals surface area contributed by atoms with Crippen LogP contribution in [0.1, 0.15) is 34.0 Å². The molecule has 1 fully saturated rings. The van der Waals surface area contributed by atoms with E-state index in [0.717, 1.165) is 43.1 Å². The van der Waals surface area contributed by atoms with Gasteiger partial charge >= 0.3 is 0 Å². The van der Waals surface area contributed by atoms with Gasteiger partial charge in [0.15, 0.2) is 0 Å². The Balaban J connectivity index is 1.78. The number of carbonyl (C=O) groups is 1. The molecule has 0 spiro atoms. The minimum Gasteiger partial charge on any atom is -0.466 e. The molecule has 4 heterocycles. The molecular weight excluding hydrogens is 344 g/mol. The number of nitrogens with one attached hydrogen (secondary N) is 1. The van der Waals surface area contributed by atoms with Crippen LogP contribution in [-0.4, -0.2) is 47.6 Å². The monoisotopic (exact) mass is 368 g/mol. The summed E-state index contributed by atoms with van der Waals surface area (Å²) in [6.45, 7) is 8.06. The van der Waals surface area contributed by atoms with E-state index >= 15 is 0 Å². The molecular formula is C20H24N4O3. The number of rotatable bonds is 4. The average Bonchev–Trinajstić information content (AvgIpc) is 3.33. The summed E-state index contributed by atoms with van der Waals surface area (Å²) in [5.41, 5.74) is 3.20. The van der Waals surface area contributed by atoms with Crippen LogP contribution >= 0.6 is 0 Å². The maximum absolute atomic E-state index is 13.3. The molecule has 0 aliphatic carbocycles. The van der Waals surface area contributed by atoms with Gasteiger partial charge in [-0.25, -0.2) is 4.98 Å². The number of hydrogen-bond acceptors (Lipinski definition) is 6. The molecule has 27 heavy (non-hydrogen) atoms. The van der Waals surface area contributed by atoms with Crippen LogP contribution in [0, 0.1) is 26.7 Å². The van der Waals surface area contributed by atoms with Gasteiger partial charge < -0.3 is 19.2 Å². The Morgan fingerprint density at radius 1 is 1.33 bits per heavy atom. The Kier molecular flexibility index (Phi) is 4.47. The molecule has 0 aromatic carbocycles. The molecule has 1 aliphatic heterocycles. The number of aryl methyl sites for hydroxylation is 3. The lowest BCUT2D eigenvalue weighted by Crippen LogP contribution is -2.30. The number of nitrogens with zero attached hydrogens (tertiary/aromatic N) is 3. The van der Waals surface area contributed by atoms with Crippen molar-refractivity contribution in [3.8, 4) is 11.3 Å². The summed E-state index contributed by atoms with van der Waals surface area (Å²) in [4.78, 5) is 19.8. The van der Waals surface area contributed by atoms with E-state index in [0.29, 0.717) is 34.0 Å². The molecule has 142 valence electrons. The third-order valence-corrected chi connectivity index (χ3v) is 5.23. The summed E-state index contributed by atoms with van der Waals surface area (Å²) >= 11 is 0. The molecule has 1 amide bonds. The van der Waals surface area contributed by atoms with Crippen LogP contribution in [-0.2, 0) is 0 Å². The molecule has 1 aliphatic rings. The first-order chi connectivity index (χ1) is 13.0. The lowest BCUT2D eigenvalue weighted by molar-refractivity contribution is 0.0789. The van der Waals surface area contributed by atoms with Crippen LogP contribution in [0.25, 0.3) is 22.4 Å². The van der Waals surface area contributed by atoms with Crippen LogP contribution in [0.5, 0.6) is 0 Å². The highest BCUT2D eigenvalue weighted by atomic mass is 16.5. The minimum atomic E-state index is 0.00595. The minimum absolute atomic E-state index is 0.00595. The van der Waals surface area contributed by atoms with Gasteiger partial charge in [0.1, 0.15) is 11.5 Å². The Labute approximate surface area is 157 Å². The van der Waals surface area contributed by atoms with E-state index in [1.165, 1.54) is 0 Å². The maximum atomic E-state index is 13.3. The highest BCUT2D eigenvalue weighted by Crippen LogP contribution is 2.31. The van der Waals surface area contributed by atoms with Crippen molar-refractivity contribution in [3.63, 3.8) is 0 Å². The first-order valence-electron chi connectivity index (χ1n) is 9.26. The zero-order valence-electron chi connectivity index (χ0n) is 16.1. The summed E-state index contributed by atoms with van der Waals surface area (Å²) in [6, 6.07) is 3.78. The van der Waals surface area contributed by atoms with E-state index in [9.17, 15) is 4.79 Å². The number of hydrogen-bond donors (Lipinski definition) is 1. The van der Waals surface area contributed by atoms with E-state index < -0.39 is 0 Å². The third-order valence-electron chi connectivity index (χ3n) is 5.23. The number of aromatic nitrogens is 2. The van der Waals surface area contributed by atoms with Crippen molar-refractivity contribution >= 4 is 17.0 Å². The van der Waals surface area contributed by atoms with Crippen LogP contribution in [0.2, 0.25) is 0 Å². The molecule has 3 aromatic rings. The second-order valence-corrected chi connectivity index (χ2v) is 7.29. The molecule has 0 radical (unpaired) electrons. The van der Waals surface area contributed by atoms with Crippen molar-refractivity contribution in [2.75, 3.05) is 26.7 Å². The van der Waals surface area contributed by atoms with Crippen molar-refractivity contribution < 1.29 is 13.7 Å². The normalized spacial score (nSPS) is 17.2. The fraction of sp³-hybridized carbons (Fsp3) is 0.450. The van der Waals surface area contributed by atoms with Gasteiger partial charge in [-0.3, -0.25) is 4.79 Å². The lowest BCUT2D eigenvalue weighted by atomic mass is 10.0. The largest absolute Gasteiger partial charge is 0.466 e. The van der Waals surface area contributed by atoms with Crippen LogP contribution in [0.3, 0.4) is 0 Å². The highest BCUT2D eigenvalue weighted by Gasteiger charge is 2.29. The Morgan fingerprint density at radius 2 is 2.15 bits per heavy atom. The van der Waals surface area contributed by atoms with Gasteiger partial charge in [0.2, 0.25) is 0 Å². The number of furan rings is 1. The fourth-order valence-corrected chi connectivity index (χ4v) is 3.93. The van der Waals surface area contributed by atoms with Gasteiger partial charge in [-0.05, 0) is 58.8 Å². The SMILES string of the molecule is CNCC1CCN(C(=O)c2cc(-c3cc(C)oc3C)nc3onc(C)c23)C1. The number of fused-ring (bicyclic) bond motifs is 1. The van der Waals surface area contributed by atoms with Gasteiger partial charge in [0, 0.05) is 18.7 Å². The molecule has 0 saturated carbocycles. The molecule has 1 saturated heterocycles. The average molecular weight is 368 g/mol. The van der Waals surface area contributed by atoms with Crippen LogP contribution in [0.4, 0.5) is 0 Å². The summed E-state index contributed by atoms with van der Waals surface area (Å²) in [5, 5.41) is 7.92. The topological polar surface area (TPSA) is 84.4 Å². The quantitative estimate of drug-likeness (QED) is 0.762. The van der Waals surface area contributed by atoms with Gasteiger partial charge in [0.05, 0.1) is 22.3 Å². The van der Waals surface area contributed by atoms with Crippen LogP contribution < -0.4 is 5.32 Å². The number of likely N-dealkylation sites (tertiary alicyclic amines) is 1. The summed E-state index contributed by atoms with van der Waals surface area (Å²) < 4.78 is 11.0. The molecule has 0 bridgehead atoms. The van der Waals surface area contributed by atoms with Gasteiger partial charge in [-0.1, -0.05) is 5.16 Å². The summed E-state index contributed by atoms with van der Waals surface area (Å²) in [6.07, 6.45) is 1.01. The fourth-order valence-electron chi connectivity index (χ4n) is 3.93. The molecule has 1 atom stereocenters. The maximum Gasteiger partial charge on any atom is 0.259 e. The molecule has 7 heteroatoms. The van der Waals surface area contributed by atoms with E-state index in [1.54, 1.807) is 0 Å². The Bertz CT molecular complexity index is 1000. The van der Waals surface area contributed by atoms with E-state index in [1.807, 2.05) is 44.9 Å². The molecule has 3 aromatic heterocycles. The van der Waals surface area contributed by atoms with E-state index in [-0.39, 0.29) is 5.91 Å². The smallest absolute Gasteiger partial charge is 0.259 e. The van der Waals surface area contributed by atoms with Crippen molar-refractivity contribution in [2.24, 2.45) is 5.92 Å². The predicted molar refractivity (Wildman–Crippen MR) is 102 cm³/mol. The first kappa shape index (κ1) is 17.7. The molecule has 7 nitrogen and oxygen atoms in total. The first-order valence-corrected chi connectivity index (χ1v) is 9.26. The summed E-state index contributed by atoms with van der Waals surface area (Å²) in [5.74, 6) is 2.06. The van der Waals surface area contributed by atoms with Crippen LogP contribution in [0.15, 0.2) is 21.1 Å². The van der Waals surface area contributed by atoms with Gasteiger partial charge in [-0.2, -0.15) is 0 Å². The van der Waals surface area contributed by atoms with Gasteiger partial charge in [-0.15, -0.1) is 0 Å². The van der Waals surface area contributed by atoms with E-state index in [2.05, 4.69) is 15.5 Å². The zero-order chi connectivity index (χ0) is 19.1. The Hall–Kier alpha value is -2.67. The predicted octanol–water partition coefficient (Wildman–Crippen LogP) is 3.09. The van der Waals surface area contributed by atoms with Crippen molar-refractivity contribution in [1.82, 2.24) is 20.4 Å². The third kappa shape index (κ3) is 3.12. The summed E-state index contributed by atoms with van der Waals surface area (Å²) in [7, 11) is 1.94. The number of carbonyl (C=O) groups excluding carboxylic acids is 1. The Morgan fingerprint density at radius 3 is 2.85 bits per heavy atom. The van der Waals surface area contributed by atoms with Crippen molar-refractivity contribution in [1.29, 1.82) is 0 Å². The standard InChI is InChI=1S/C20H24N4O3/c1-11-7-15(13(3)26-11)17-8-16(18-12(2)23-27-19(18)22-17)20(25)24-6-5-14(10-24)9-21-4/h7-8,14,21H,5-6,9-10H2,1-4H3. The van der Waals surface area contributed by atoms with Gasteiger partial charge in [0.25, 0.3) is 11.6 Å². The zero-order valence-corrected chi connectivity index (χ0v) is 16.1. The number of pyridine rings is 1. The van der Waals surface area contributed by atoms with Crippen molar-refractivity contribution in [3.05, 3.63) is 34.9 Å².